The number of rotatable bonds is 2. The molecule has 6 rings (SSSR count). The molecule has 0 aliphatic carbocycles. The molecule has 0 radical (unpaired) electrons. The lowest BCUT2D eigenvalue weighted by molar-refractivity contribution is -0.122. The highest BCUT2D eigenvalue weighted by Crippen LogP contribution is 2.54. The van der Waals surface area contributed by atoms with E-state index < -0.39 is 5.41 Å². The third-order valence-electron chi connectivity index (χ3n) is 6.47. The van der Waals surface area contributed by atoms with Gasteiger partial charge in [-0.2, -0.15) is 0 Å². The van der Waals surface area contributed by atoms with Gasteiger partial charge in [0.15, 0.2) is 11.5 Å². The van der Waals surface area contributed by atoms with Crippen molar-refractivity contribution in [1.82, 2.24) is 0 Å². The molecule has 29 heavy (non-hydrogen) atoms. The summed E-state index contributed by atoms with van der Waals surface area (Å²) in [4.78, 5) is 15.8. The van der Waals surface area contributed by atoms with Crippen LogP contribution in [-0.4, -0.2) is 45.0 Å². The largest absolute Gasteiger partial charge is 0.491 e. The van der Waals surface area contributed by atoms with E-state index in [1.54, 1.807) is 0 Å². The summed E-state index contributed by atoms with van der Waals surface area (Å²) in [5.41, 5.74) is 1.98. The second-order valence-electron chi connectivity index (χ2n) is 8.11. The molecule has 6 heteroatoms. The Bertz CT molecular complexity index is 983. The molecule has 0 N–H and O–H groups in total. The highest BCUT2D eigenvalue weighted by molar-refractivity contribution is 6.11. The summed E-state index contributed by atoms with van der Waals surface area (Å²) in [6.07, 6.45) is 3.32. The van der Waals surface area contributed by atoms with Crippen LogP contribution in [0.3, 0.4) is 0 Å². The van der Waals surface area contributed by atoms with Crippen LogP contribution in [0.15, 0.2) is 36.4 Å². The molecule has 1 fully saturated rings. The van der Waals surface area contributed by atoms with E-state index in [-0.39, 0.29) is 12.0 Å². The standard InChI is InChI=1S/C23H23NO5/c25-22-23(14-29-19-12-21-20(11-17(19)23)27-9-10-28-21)16-6-1-2-7-18(16)24(22)13-15-5-3-4-8-26-15/h1-2,6-7,11-12,15H,3-5,8-10,13-14H2. The van der Waals surface area contributed by atoms with Gasteiger partial charge in [-0.25, -0.2) is 0 Å². The van der Waals surface area contributed by atoms with Crippen LogP contribution in [-0.2, 0) is 14.9 Å². The second kappa shape index (κ2) is 6.39. The number of anilines is 1. The SMILES string of the molecule is O=C1N(CC2CCCCO2)c2ccccc2C12COc1cc3c(cc12)OCCO3. The first-order chi connectivity index (χ1) is 14.3. The molecule has 1 amide bonds. The van der Waals surface area contributed by atoms with Gasteiger partial charge in [-0.15, -0.1) is 0 Å². The minimum Gasteiger partial charge on any atom is -0.491 e. The molecule has 0 bridgehead atoms. The fourth-order valence-corrected chi connectivity index (χ4v) is 5.05. The number of ether oxygens (including phenoxy) is 4. The average molecular weight is 393 g/mol. The highest BCUT2D eigenvalue weighted by Gasteiger charge is 2.57. The van der Waals surface area contributed by atoms with Gasteiger partial charge in [0.1, 0.15) is 31.0 Å². The van der Waals surface area contributed by atoms with Crippen molar-refractivity contribution in [3.63, 3.8) is 0 Å². The Balaban J connectivity index is 1.45. The van der Waals surface area contributed by atoms with E-state index in [0.717, 1.165) is 42.7 Å². The van der Waals surface area contributed by atoms with E-state index in [1.165, 1.54) is 0 Å². The first-order valence-corrected chi connectivity index (χ1v) is 10.4. The van der Waals surface area contributed by atoms with Crippen molar-refractivity contribution in [2.75, 3.05) is 37.9 Å². The van der Waals surface area contributed by atoms with E-state index in [1.807, 2.05) is 41.3 Å². The topological polar surface area (TPSA) is 57.2 Å². The smallest absolute Gasteiger partial charge is 0.245 e. The summed E-state index contributed by atoms with van der Waals surface area (Å²) < 4.78 is 23.5. The van der Waals surface area contributed by atoms with Gasteiger partial charge in [0.2, 0.25) is 5.91 Å². The van der Waals surface area contributed by atoms with E-state index in [9.17, 15) is 4.79 Å². The highest BCUT2D eigenvalue weighted by atomic mass is 16.6. The number of hydrogen-bond acceptors (Lipinski definition) is 5. The van der Waals surface area contributed by atoms with Gasteiger partial charge in [0.05, 0.1) is 12.6 Å². The fraction of sp³-hybridized carbons (Fsp3) is 0.435. The molecular weight excluding hydrogens is 370 g/mol. The minimum absolute atomic E-state index is 0.0586. The lowest BCUT2D eigenvalue weighted by atomic mass is 9.77. The van der Waals surface area contributed by atoms with Crippen LogP contribution < -0.4 is 19.1 Å². The molecule has 4 aliphatic heterocycles. The van der Waals surface area contributed by atoms with Gasteiger partial charge in [-0.05, 0) is 37.0 Å². The summed E-state index contributed by atoms with van der Waals surface area (Å²) in [7, 11) is 0. The molecular formula is C23H23NO5. The zero-order valence-corrected chi connectivity index (χ0v) is 16.2. The van der Waals surface area contributed by atoms with E-state index in [0.29, 0.717) is 43.6 Å². The second-order valence-corrected chi connectivity index (χ2v) is 8.11. The Labute approximate surface area is 169 Å². The number of para-hydroxylation sites is 1. The monoisotopic (exact) mass is 393 g/mol. The molecule has 2 unspecified atom stereocenters. The Kier molecular flexibility index (Phi) is 3.78. The maximum atomic E-state index is 13.9. The number of hydrogen-bond donors (Lipinski definition) is 0. The van der Waals surface area contributed by atoms with Gasteiger partial charge in [0.25, 0.3) is 0 Å². The van der Waals surface area contributed by atoms with Gasteiger partial charge in [0, 0.05) is 23.9 Å². The molecule has 2 aromatic rings. The van der Waals surface area contributed by atoms with Crippen LogP contribution in [0, 0.1) is 0 Å². The molecule has 1 spiro atoms. The van der Waals surface area contributed by atoms with Gasteiger partial charge in [-0.3, -0.25) is 4.79 Å². The molecule has 0 aromatic heterocycles. The summed E-state index contributed by atoms with van der Waals surface area (Å²) in [5.74, 6) is 2.12. The van der Waals surface area contributed by atoms with Crippen molar-refractivity contribution >= 4 is 11.6 Å². The average Bonchev–Trinajstić information content (AvgIpc) is 3.25. The summed E-state index contributed by atoms with van der Waals surface area (Å²) in [6, 6.07) is 11.9. The number of fused-ring (bicyclic) bond motifs is 5. The predicted molar refractivity (Wildman–Crippen MR) is 106 cm³/mol. The first kappa shape index (κ1) is 17.2. The van der Waals surface area contributed by atoms with Crippen LogP contribution in [0.25, 0.3) is 0 Å². The number of amides is 1. The molecule has 2 aromatic carbocycles. The number of nitrogens with zero attached hydrogens (tertiary/aromatic N) is 1. The Morgan fingerprint density at radius 3 is 2.59 bits per heavy atom. The third kappa shape index (κ3) is 2.42. The van der Waals surface area contributed by atoms with Crippen LogP contribution in [0.4, 0.5) is 5.69 Å². The van der Waals surface area contributed by atoms with Gasteiger partial charge < -0.3 is 23.8 Å². The van der Waals surface area contributed by atoms with Crippen molar-refractivity contribution in [1.29, 1.82) is 0 Å². The molecule has 4 aliphatic rings. The lowest BCUT2D eigenvalue weighted by Gasteiger charge is -2.29. The molecule has 150 valence electrons. The van der Waals surface area contributed by atoms with Crippen LogP contribution >= 0.6 is 0 Å². The molecule has 1 saturated heterocycles. The van der Waals surface area contributed by atoms with Crippen molar-refractivity contribution < 1.29 is 23.7 Å². The van der Waals surface area contributed by atoms with Crippen LogP contribution in [0.5, 0.6) is 17.2 Å². The zero-order chi connectivity index (χ0) is 19.4. The number of carbonyl (C=O) groups is 1. The van der Waals surface area contributed by atoms with Crippen molar-refractivity contribution in [3.05, 3.63) is 47.5 Å². The molecule has 4 heterocycles. The van der Waals surface area contributed by atoms with Gasteiger partial charge >= 0.3 is 0 Å². The van der Waals surface area contributed by atoms with Crippen LogP contribution in [0.1, 0.15) is 30.4 Å². The lowest BCUT2D eigenvalue weighted by Crippen LogP contribution is -2.45. The Hall–Kier alpha value is -2.73. The first-order valence-electron chi connectivity index (χ1n) is 10.4. The number of benzene rings is 2. The molecule has 6 nitrogen and oxygen atoms in total. The maximum Gasteiger partial charge on any atom is 0.245 e. The quantitative estimate of drug-likeness (QED) is 0.785. The maximum absolute atomic E-state index is 13.9. The van der Waals surface area contributed by atoms with Crippen molar-refractivity contribution in [3.8, 4) is 17.2 Å². The van der Waals surface area contributed by atoms with E-state index in [4.69, 9.17) is 18.9 Å². The van der Waals surface area contributed by atoms with Crippen molar-refractivity contribution in [2.45, 2.75) is 30.8 Å². The summed E-state index contributed by atoms with van der Waals surface area (Å²) in [5, 5.41) is 0. The predicted octanol–water partition coefficient (Wildman–Crippen LogP) is 3.05. The van der Waals surface area contributed by atoms with Crippen molar-refractivity contribution in [2.24, 2.45) is 0 Å². The Morgan fingerprint density at radius 1 is 0.931 bits per heavy atom. The van der Waals surface area contributed by atoms with E-state index >= 15 is 0 Å². The molecule has 2 atom stereocenters. The minimum atomic E-state index is -0.837. The van der Waals surface area contributed by atoms with Gasteiger partial charge in [-0.1, -0.05) is 18.2 Å². The Morgan fingerprint density at radius 2 is 1.76 bits per heavy atom. The van der Waals surface area contributed by atoms with Crippen LogP contribution in [0.2, 0.25) is 0 Å². The summed E-state index contributed by atoms with van der Waals surface area (Å²) in [6.45, 7) is 2.68. The molecule has 0 saturated carbocycles. The number of carbonyl (C=O) groups excluding carboxylic acids is 1. The van der Waals surface area contributed by atoms with E-state index in [2.05, 4.69) is 0 Å². The third-order valence-corrected chi connectivity index (χ3v) is 6.47. The fourth-order valence-electron chi connectivity index (χ4n) is 5.05. The zero-order valence-electron chi connectivity index (χ0n) is 16.2. The normalized spacial score (nSPS) is 27.0. The summed E-state index contributed by atoms with van der Waals surface area (Å²) >= 11 is 0.